The number of epoxide rings is 1. The minimum atomic E-state index is 0.506. The van der Waals surface area contributed by atoms with Crippen LogP contribution >= 0.6 is 0 Å². The Labute approximate surface area is 49.3 Å². The SMILES string of the molecule is CC1C=CC2OC2C1. The van der Waals surface area contributed by atoms with Crippen LogP contribution in [0.3, 0.4) is 0 Å². The second-order valence-corrected chi connectivity index (χ2v) is 2.74. The number of ether oxygens (including phenoxy) is 1. The Morgan fingerprint density at radius 2 is 2.38 bits per heavy atom. The standard InChI is InChI=1S/C7H10O/c1-5-2-3-6-7(4-5)8-6/h2-3,5-7H,4H2,1H3. The van der Waals surface area contributed by atoms with E-state index in [4.69, 9.17) is 4.74 Å². The average Bonchev–Trinajstić information content (AvgIpc) is 2.43. The Balaban J connectivity index is 2.11. The van der Waals surface area contributed by atoms with E-state index in [9.17, 15) is 0 Å². The van der Waals surface area contributed by atoms with Gasteiger partial charge in [0.05, 0.1) is 6.10 Å². The van der Waals surface area contributed by atoms with Crippen LogP contribution in [0, 0.1) is 5.92 Å². The minimum Gasteiger partial charge on any atom is -0.365 e. The molecule has 1 aliphatic heterocycles. The first-order valence-corrected chi connectivity index (χ1v) is 3.20. The second kappa shape index (κ2) is 1.35. The average molecular weight is 110 g/mol. The van der Waals surface area contributed by atoms with Crippen molar-refractivity contribution in [2.24, 2.45) is 5.92 Å². The molecule has 0 aromatic rings. The summed E-state index contributed by atoms with van der Waals surface area (Å²) in [6.45, 7) is 2.23. The summed E-state index contributed by atoms with van der Waals surface area (Å²) < 4.78 is 5.26. The van der Waals surface area contributed by atoms with E-state index in [0.717, 1.165) is 5.92 Å². The topological polar surface area (TPSA) is 12.5 Å². The minimum absolute atomic E-state index is 0.506. The summed E-state index contributed by atoms with van der Waals surface area (Å²) in [6.07, 6.45) is 6.76. The maximum Gasteiger partial charge on any atom is 0.102 e. The molecule has 1 aliphatic carbocycles. The molecule has 8 heavy (non-hydrogen) atoms. The lowest BCUT2D eigenvalue weighted by molar-refractivity contribution is 0.372. The zero-order valence-corrected chi connectivity index (χ0v) is 5.00. The van der Waals surface area contributed by atoms with Crippen LogP contribution in [0.15, 0.2) is 12.2 Å². The number of hydrogen-bond donors (Lipinski definition) is 0. The van der Waals surface area contributed by atoms with Gasteiger partial charge in [0.25, 0.3) is 0 Å². The first-order valence-electron chi connectivity index (χ1n) is 3.20. The van der Waals surface area contributed by atoms with Crippen LogP contribution in [-0.2, 0) is 4.74 Å². The first kappa shape index (κ1) is 4.57. The molecule has 2 aliphatic rings. The molecule has 1 heteroatoms. The summed E-state index contributed by atoms with van der Waals surface area (Å²) in [5.74, 6) is 0.749. The van der Waals surface area contributed by atoms with Crippen LogP contribution < -0.4 is 0 Å². The van der Waals surface area contributed by atoms with Crippen molar-refractivity contribution in [3.8, 4) is 0 Å². The van der Waals surface area contributed by atoms with Crippen molar-refractivity contribution in [3.63, 3.8) is 0 Å². The zero-order chi connectivity index (χ0) is 5.56. The molecule has 0 amide bonds. The predicted molar refractivity (Wildman–Crippen MR) is 31.6 cm³/mol. The van der Waals surface area contributed by atoms with Crippen molar-refractivity contribution in [2.45, 2.75) is 25.6 Å². The number of rotatable bonds is 0. The molecule has 0 radical (unpaired) electrons. The molecule has 0 aromatic carbocycles. The van der Waals surface area contributed by atoms with Gasteiger partial charge in [0.1, 0.15) is 6.10 Å². The largest absolute Gasteiger partial charge is 0.365 e. The molecule has 3 atom stereocenters. The van der Waals surface area contributed by atoms with Crippen LogP contribution in [0.5, 0.6) is 0 Å². The van der Waals surface area contributed by atoms with E-state index in [-0.39, 0.29) is 0 Å². The van der Waals surface area contributed by atoms with Crippen molar-refractivity contribution in [2.75, 3.05) is 0 Å². The van der Waals surface area contributed by atoms with Crippen molar-refractivity contribution >= 4 is 0 Å². The van der Waals surface area contributed by atoms with Crippen molar-refractivity contribution < 1.29 is 4.74 Å². The molecule has 0 bridgehead atoms. The van der Waals surface area contributed by atoms with Gasteiger partial charge in [-0.2, -0.15) is 0 Å². The van der Waals surface area contributed by atoms with E-state index < -0.39 is 0 Å². The van der Waals surface area contributed by atoms with Crippen molar-refractivity contribution in [3.05, 3.63) is 12.2 Å². The van der Waals surface area contributed by atoms with E-state index in [1.165, 1.54) is 6.42 Å². The molecule has 44 valence electrons. The Morgan fingerprint density at radius 3 is 3.00 bits per heavy atom. The van der Waals surface area contributed by atoms with Gasteiger partial charge in [-0.3, -0.25) is 0 Å². The van der Waals surface area contributed by atoms with Crippen molar-refractivity contribution in [1.82, 2.24) is 0 Å². The van der Waals surface area contributed by atoms with Gasteiger partial charge < -0.3 is 4.74 Å². The van der Waals surface area contributed by atoms with E-state index in [1.54, 1.807) is 0 Å². The summed E-state index contributed by atoms with van der Waals surface area (Å²) in [5, 5.41) is 0. The molecule has 3 unspecified atom stereocenters. The number of allylic oxidation sites excluding steroid dienone is 1. The van der Waals surface area contributed by atoms with E-state index in [2.05, 4.69) is 19.1 Å². The van der Waals surface area contributed by atoms with Gasteiger partial charge in [-0.1, -0.05) is 19.1 Å². The lowest BCUT2D eigenvalue weighted by Crippen LogP contribution is -2.03. The maximum atomic E-state index is 5.26. The number of hydrogen-bond acceptors (Lipinski definition) is 1. The quantitative estimate of drug-likeness (QED) is 0.339. The molecule has 0 spiro atoms. The third kappa shape index (κ3) is 0.583. The Morgan fingerprint density at radius 1 is 1.50 bits per heavy atom. The van der Waals surface area contributed by atoms with Crippen LogP contribution in [-0.4, -0.2) is 12.2 Å². The van der Waals surface area contributed by atoms with Crippen LogP contribution in [0.1, 0.15) is 13.3 Å². The molecular weight excluding hydrogens is 100 g/mol. The summed E-state index contributed by atoms with van der Waals surface area (Å²) in [5.41, 5.74) is 0. The molecule has 1 fully saturated rings. The van der Waals surface area contributed by atoms with Crippen molar-refractivity contribution in [1.29, 1.82) is 0 Å². The highest BCUT2D eigenvalue weighted by atomic mass is 16.6. The van der Waals surface area contributed by atoms with E-state index >= 15 is 0 Å². The molecule has 0 N–H and O–H groups in total. The molecule has 2 rings (SSSR count). The summed E-state index contributed by atoms with van der Waals surface area (Å²) >= 11 is 0. The highest BCUT2D eigenvalue weighted by Crippen LogP contribution is 2.34. The van der Waals surface area contributed by atoms with Gasteiger partial charge in [-0.05, 0) is 12.3 Å². The van der Waals surface area contributed by atoms with Gasteiger partial charge in [-0.15, -0.1) is 0 Å². The first-order chi connectivity index (χ1) is 3.86. The smallest absolute Gasteiger partial charge is 0.102 e. The van der Waals surface area contributed by atoms with Gasteiger partial charge in [0.15, 0.2) is 0 Å². The van der Waals surface area contributed by atoms with Gasteiger partial charge in [0, 0.05) is 0 Å². The van der Waals surface area contributed by atoms with Crippen LogP contribution in [0.4, 0.5) is 0 Å². The van der Waals surface area contributed by atoms with Gasteiger partial charge in [0.2, 0.25) is 0 Å². The van der Waals surface area contributed by atoms with Crippen LogP contribution in [0.25, 0.3) is 0 Å². The van der Waals surface area contributed by atoms with Gasteiger partial charge in [-0.25, -0.2) is 0 Å². The molecule has 1 heterocycles. The zero-order valence-electron chi connectivity index (χ0n) is 5.00. The molecular formula is C7H10O. The molecule has 0 aromatic heterocycles. The maximum absolute atomic E-state index is 5.26. The predicted octanol–water partition coefficient (Wildman–Crippen LogP) is 1.35. The summed E-state index contributed by atoms with van der Waals surface area (Å²) in [7, 11) is 0. The highest BCUT2D eigenvalue weighted by molar-refractivity contribution is 5.09. The lowest BCUT2D eigenvalue weighted by Gasteiger charge is -2.04. The monoisotopic (exact) mass is 110 g/mol. The fourth-order valence-electron chi connectivity index (χ4n) is 1.26. The molecule has 1 saturated heterocycles. The van der Waals surface area contributed by atoms with E-state index in [1.807, 2.05) is 0 Å². The normalized spacial score (nSPS) is 50.9. The van der Waals surface area contributed by atoms with Crippen LogP contribution in [0.2, 0.25) is 0 Å². The summed E-state index contributed by atoms with van der Waals surface area (Å²) in [6, 6.07) is 0. The lowest BCUT2D eigenvalue weighted by atomic mass is 9.98. The second-order valence-electron chi connectivity index (χ2n) is 2.74. The third-order valence-corrected chi connectivity index (χ3v) is 1.86. The fraction of sp³-hybridized carbons (Fsp3) is 0.714. The highest BCUT2D eigenvalue weighted by Gasteiger charge is 2.39. The number of fused-ring (bicyclic) bond motifs is 1. The fourth-order valence-corrected chi connectivity index (χ4v) is 1.26. The third-order valence-electron chi connectivity index (χ3n) is 1.86. The van der Waals surface area contributed by atoms with E-state index in [0.29, 0.717) is 12.2 Å². The summed E-state index contributed by atoms with van der Waals surface area (Å²) in [4.78, 5) is 0. The Bertz CT molecular complexity index is 128. The van der Waals surface area contributed by atoms with Gasteiger partial charge >= 0.3 is 0 Å². The molecule has 0 saturated carbocycles. The Hall–Kier alpha value is -0.300. The Kier molecular flexibility index (Phi) is 0.770. The molecule has 1 nitrogen and oxygen atoms in total.